The van der Waals surface area contributed by atoms with Crippen LogP contribution in [0.5, 0.6) is 17.2 Å². The molecule has 0 aliphatic heterocycles. The number of halogens is 1. The van der Waals surface area contributed by atoms with Crippen LogP contribution < -0.4 is 14.2 Å². The van der Waals surface area contributed by atoms with Gasteiger partial charge in [0.15, 0.2) is 11.5 Å². The molecule has 0 heterocycles. The van der Waals surface area contributed by atoms with Gasteiger partial charge in [-0.2, -0.15) is 0 Å². The van der Waals surface area contributed by atoms with E-state index in [0.717, 1.165) is 0 Å². The third-order valence-electron chi connectivity index (χ3n) is 2.93. The second-order valence-electron chi connectivity index (χ2n) is 4.53. The smallest absolute Gasteiger partial charge is 0.335 e. The Morgan fingerprint density at radius 1 is 1.00 bits per heavy atom. The number of carbonyl (C=O) groups is 1. The Balaban J connectivity index is 1.94. The Morgan fingerprint density at radius 3 is 2.35 bits per heavy atom. The largest absolute Gasteiger partial charge is 0.490 e. The Kier molecular flexibility index (Phi) is 6.11. The molecule has 0 fully saturated rings. The molecule has 0 atom stereocenters. The molecular formula is C17H17ClO5. The summed E-state index contributed by atoms with van der Waals surface area (Å²) in [5.74, 6) is 0.438. The normalized spacial score (nSPS) is 10.2. The van der Waals surface area contributed by atoms with E-state index in [0.29, 0.717) is 35.5 Å². The Bertz CT molecular complexity index is 672. The molecule has 0 aliphatic carbocycles. The fourth-order valence-corrected chi connectivity index (χ4v) is 2.08. The third-order valence-corrected chi connectivity index (χ3v) is 3.24. The lowest BCUT2D eigenvalue weighted by molar-refractivity contribution is 0.0696. The number of rotatable bonds is 8. The summed E-state index contributed by atoms with van der Waals surface area (Å²) >= 11 is 5.99. The highest BCUT2D eigenvalue weighted by atomic mass is 35.5. The first kappa shape index (κ1) is 17.0. The molecule has 0 radical (unpaired) electrons. The molecule has 0 spiro atoms. The highest BCUT2D eigenvalue weighted by Crippen LogP contribution is 2.29. The molecule has 0 saturated carbocycles. The molecule has 0 aliphatic rings. The van der Waals surface area contributed by atoms with E-state index in [1.165, 1.54) is 12.1 Å². The van der Waals surface area contributed by atoms with Crippen molar-refractivity contribution in [2.24, 2.45) is 0 Å². The lowest BCUT2D eigenvalue weighted by atomic mass is 10.2. The van der Waals surface area contributed by atoms with Crippen molar-refractivity contribution in [2.45, 2.75) is 6.92 Å². The SMILES string of the molecule is CCOc1cc(C(=O)O)ccc1OCCOc1ccccc1Cl. The number of aromatic carboxylic acids is 1. The van der Waals surface area contributed by atoms with Crippen molar-refractivity contribution < 1.29 is 24.1 Å². The van der Waals surface area contributed by atoms with E-state index in [2.05, 4.69) is 0 Å². The summed E-state index contributed by atoms with van der Waals surface area (Å²) < 4.78 is 16.5. The lowest BCUT2D eigenvalue weighted by Crippen LogP contribution is -2.10. The van der Waals surface area contributed by atoms with Crippen LogP contribution in [0.1, 0.15) is 17.3 Å². The minimum atomic E-state index is -1.01. The first-order valence-corrected chi connectivity index (χ1v) is 7.50. The highest BCUT2D eigenvalue weighted by molar-refractivity contribution is 6.32. The summed E-state index contributed by atoms with van der Waals surface area (Å²) in [7, 11) is 0. The van der Waals surface area contributed by atoms with Crippen LogP contribution in [0.15, 0.2) is 42.5 Å². The van der Waals surface area contributed by atoms with Crippen LogP contribution in [0.3, 0.4) is 0 Å². The van der Waals surface area contributed by atoms with Gasteiger partial charge in [-0.25, -0.2) is 4.79 Å². The number of para-hydroxylation sites is 1. The van der Waals surface area contributed by atoms with E-state index in [1.807, 2.05) is 19.1 Å². The first-order chi connectivity index (χ1) is 11.1. The second-order valence-corrected chi connectivity index (χ2v) is 4.93. The molecule has 0 aromatic heterocycles. The maximum atomic E-state index is 11.0. The van der Waals surface area contributed by atoms with Gasteiger partial charge in [0.25, 0.3) is 0 Å². The lowest BCUT2D eigenvalue weighted by Gasteiger charge is -2.13. The second kappa shape index (κ2) is 8.29. The van der Waals surface area contributed by atoms with Crippen LogP contribution in [0.4, 0.5) is 0 Å². The fraction of sp³-hybridized carbons (Fsp3) is 0.235. The number of benzene rings is 2. The molecule has 0 saturated heterocycles. The number of carboxylic acids is 1. The van der Waals surface area contributed by atoms with E-state index < -0.39 is 5.97 Å². The van der Waals surface area contributed by atoms with Crippen molar-refractivity contribution in [3.63, 3.8) is 0 Å². The summed E-state index contributed by atoms with van der Waals surface area (Å²) in [6.07, 6.45) is 0. The number of carboxylic acid groups (broad SMARTS) is 1. The summed E-state index contributed by atoms with van der Waals surface area (Å²) in [5.41, 5.74) is 0.146. The predicted octanol–water partition coefficient (Wildman–Crippen LogP) is 3.89. The zero-order chi connectivity index (χ0) is 16.7. The molecule has 0 unspecified atom stereocenters. The minimum Gasteiger partial charge on any atom is -0.490 e. The molecule has 2 rings (SSSR count). The molecule has 0 amide bonds. The molecule has 1 N–H and O–H groups in total. The van der Waals surface area contributed by atoms with Gasteiger partial charge in [0.2, 0.25) is 0 Å². The maximum absolute atomic E-state index is 11.0. The van der Waals surface area contributed by atoms with Crippen LogP contribution in [0, 0.1) is 0 Å². The first-order valence-electron chi connectivity index (χ1n) is 7.12. The van der Waals surface area contributed by atoms with Gasteiger partial charge in [-0.05, 0) is 37.3 Å². The maximum Gasteiger partial charge on any atom is 0.335 e. The fourth-order valence-electron chi connectivity index (χ4n) is 1.89. The zero-order valence-corrected chi connectivity index (χ0v) is 13.4. The minimum absolute atomic E-state index is 0.146. The molecule has 23 heavy (non-hydrogen) atoms. The van der Waals surface area contributed by atoms with Crippen LogP contribution in [-0.2, 0) is 0 Å². The average Bonchev–Trinajstić information content (AvgIpc) is 2.54. The van der Waals surface area contributed by atoms with Gasteiger partial charge in [0.05, 0.1) is 17.2 Å². The third kappa shape index (κ3) is 4.79. The van der Waals surface area contributed by atoms with Gasteiger partial charge in [-0.15, -0.1) is 0 Å². The molecule has 6 heteroatoms. The van der Waals surface area contributed by atoms with Crippen molar-refractivity contribution in [3.8, 4) is 17.2 Å². The van der Waals surface area contributed by atoms with Gasteiger partial charge in [-0.1, -0.05) is 23.7 Å². The van der Waals surface area contributed by atoms with Gasteiger partial charge in [0, 0.05) is 0 Å². The molecule has 0 bridgehead atoms. The van der Waals surface area contributed by atoms with E-state index >= 15 is 0 Å². The summed E-state index contributed by atoms with van der Waals surface area (Å²) in [5, 5.41) is 9.54. The average molecular weight is 337 g/mol. The van der Waals surface area contributed by atoms with Crippen LogP contribution >= 0.6 is 11.6 Å². The summed E-state index contributed by atoms with van der Waals surface area (Å²) in [4.78, 5) is 11.0. The quantitative estimate of drug-likeness (QED) is 0.741. The Morgan fingerprint density at radius 2 is 1.70 bits per heavy atom. The molecule has 2 aromatic carbocycles. The van der Waals surface area contributed by atoms with Gasteiger partial charge in [0.1, 0.15) is 19.0 Å². The number of hydrogen-bond donors (Lipinski definition) is 1. The summed E-state index contributed by atoms with van der Waals surface area (Å²) in [6.45, 7) is 2.81. The van der Waals surface area contributed by atoms with Gasteiger partial charge in [-0.3, -0.25) is 0 Å². The van der Waals surface area contributed by atoms with E-state index in [4.69, 9.17) is 30.9 Å². The van der Waals surface area contributed by atoms with Crippen molar-refractivity contribution in [3.05, 3.63) is 53.1 Å². The molecule has 2 aromatic rings. The predicted molar refractivity (Wildman–Crippen MR) is 87.0 cm³/mol. The highest BCUT2D eigenvalue weighted by Gasteiger charge is 2.10. The standard InChI is InChI=1S/C17H17ClO5/c1-2-21-16-11-12(17(19)20)7-8-15(16)23-10-9-22-14-6-4-3-5-13(14)18/h3-8,11H,2,9-10H2,1H3,(H,19,20). The van der Waals surface area contributed by atoms with E-state index in [-0.39, 0.29) is 12.2 Å². The van der Waals surface area contributed by atoms with Crippen molar-refractivity contribution in [1.29, 1.82) is 0 Å². The summed E-state index contributed by atoms with van der Waals surface area (Å²) in [6, 6.07) is 11.7. The molecular weight excluding hydrogens is 320 g/mol. The Labute approximate surface area is 139 Å². The molecule has 5 nitrogen and oxygen atoms in total. The van der Waals surface area contributed by atoms with Crippen LogP contribution in [0.25, 0.3) is 0 Å². The molecule has 122 valence electrons. The monoisotopic (exact) mass is 336 g/mol. The Hall–Kier alpha value is -2.40. The van der Waals surface area contributed by atoms with Gasteiger partial charge < -0.3 is 19.3 Å². The van der Waals surface area contributed by atoms with E-state index in [1.54, 1.807) is 18.2 Å². The van der Waals surface area contributed by atoms with Crippen molar-refractivity contribution >= 4 is 17.6 Å². The van der Waals surface area contributed by atoms with Crippen molar-refractivity contribution in [1.82, 2.24) is 0 Å². The zero-order valence-electron chi connectivity index (χ0n) is 12.6. The number of ether oxygens (including phenoxy) is 3. The van der Waals surface area contributed by atoms with E-state index in [9.17, 15) is 4.79 Å². The van der Waals surface area contributed by atoms with Crippen LogP contribution in [-0.4, -0.2) is 30.9 Å². The van der Waals surface area contributed by atoms with Crippen LogP contribution in [0.2, 0.25) is 5.02 Å². The topological polar surface area (TPSA) is 65.0 Å². The number of hydrogen-bond acceptors (Lipinski definition) is 4. The van der Waals surface area contributed by atoms with Gasteiger partial charge >= 0.3 is 5.97 Å². The van der Waals surface area contributed by atoms with Crippen molar-refractivity contribution in [2.75, 3.05) is 19.8 Å².